The number of hydrogen-bond acceptors (Lipinski definition) is 8. The summed E-state index contributed by atoms with van der Waals surface area (Å²) in [5.41, 5.74) is 8.79. The lowest BCUT2D eigenvalue weighted by atomic mass is 9.70. The number of rotatable bonds is 6. The highest BCUT2D eigenvalue weighted by Gasteiger charge is 2.41. The number of aromatic amines is 1. The number of hydrogen-bond donors (Lipinski definition) is 2. The molecule has 8 rings (SSSR count). The summed E-state index contributed by atoms with van der Waals surface area (Å²) in [5, 5.41) is 12.8. The van der Waals surface area contributed by atoms with Gasteiger partial charge in [0.2, 0.25) is 5.91 Å². The van der Waals surface area contributed by atoms with Gasteiger partial charge in [0.25, 0.3) is 0 Å². The summed E-state index contributed by atoms with van der Waals surface area (Å²) in [6.45, 7) is 13.5. The van der Waals surface area contributed by atoms with Gasteiger partial charge in [-0.25, -0.2) is 4.79 Å². The minimum Gasteiger partial charge on any atom is -0.371 e. The number of amides is 3. The van der Waals surface area contributed by atoms with Gasteiger partial charge in [0, 0.05) is 104 Å². The molecule has 51 heavy (non-hydrogen) atoms. The standard InChI is InChI=1S/C40H44N8O3/c1-4-26-20-30-31(40(2,3)38-36(37(30)50)29-6-5-25(22-41)19-32(29)43-38)21-33(26)47-12-8-28(9-13-47)46-17-15-45(16-18-46)24-27-7-11-42-23-34(27)48-14-10-35(49)44-39(48)51/h5-7,11,19-21,23,28,43H,4,8-10,12-18,24H2,1-3H3,(H,44,49,51). The quantitative estimate of drug-likeness (QED) is 0.287. The number of nitrogens with one attached hydrogen (secondary N) is 2. The van der Waals surface area contributed by atoms with E-state index in [9.17, 15) is 19.6 Å². The number of imide groups is 1. The van der Waals surface area contributed by atoms with Crippen molar-refractivity contribution in [2.24, 2.45) is 0 Å². The van der Waals surface area contributed by atoms with Crippen LogP contribution in [0.5, 0.6) is 0 Å². The minimum atomic E-state index is -0.403. The average Bonchev–Trinajstić information content (AvgIpc) is 3.55. The number of ketones is 1. The number of nitriles is 1. The Bertz CT molecular complexity index is 2100. The van der Waals surface area contributed by atoms with Crippen LogP contribution in [0.25, 0.3) is 10.9 Å². The molecule has 2 aromatic carbocycles. The van der Waals surface area contributed by atoms with Crippen LogP contribution < -0.4 is 15.1 Å². The van der Waals surface area contributed by atoms with Crippen molar-refractivity contribution < 1.29 is 14.4 Å². The van der Waals surface area contributed by atoms with Gasteiger partial charge in [-0.05, 0) is 66.3 Å². The van der Waals surface area contributed by atoms with Crippen LogP contribution in [0.3, 0.4) is 0 Å². The van der Waals surface area contributed by atoms with Gasteiger partial charge in [-0.15, -0.1) is 0 Å². The molecule has 262 valence electrons. The third kappa shape index (κ3) is 5.76. The SMILES string of the molecule is CCc1cc2c(cc1N1CCC(N3CCN(Cc4ccncc4N4CCC(=O)NC4=O)CC3)CC1)C(C)(C)c1[nH]c3cc(C#N)ccc3c1C2=O. The molecule has 2 aromatic heterocycles. The zero-order valence-corrected chi connectivity index (χ0v) is 29.6. The topological polar surface area (TPSA) is 129 Å². The second-order valence-electron chi connectivity index (χ2n) is 14.9. The van der Waals surface area contributed by atoms with Crippen LogP contribution in [0.4, 0.5) is 16.2 Å². The van der Waals surface area contributed by atoms with Crippen LogP contribution >= 0.6 is 0 Å². The summed E-state index contributed by atoms with van der Waals surface area (Å²) in [4.78, 5) is 55.4. The number of aryl methyl sites for hydroxylation is 1. The number of carbonyl (C=O) groups excluding carboxylic acids is 3. The molecule has 0 atom stereocenters. The lowest BCUT2D eigenvalue weighted by molar-refractivity contribution is -0.120. The number of H-pyrrole nitrogens is 1. The van der Waals surface area contributed by atoms with Crippen LogP contribution in [0, 0.1) is 11.3 Å². The lowest BCUT2D eigenvalue weighted by Crippen LogP contribution is -2.53. The van der Waals surface area contributed by atoms with Crippen LogP contribution in [0.15, 0.2) is 48.8 Å². The summed E-state index contributed by atoms with van der Waals surface area (Å²) in [5.74, 6) is -0.178. The van der Waals surface area contributed by atoms with E-state index in [0.717, 1.165) is 110 Å². The van der Waals surface area contributed by atoms with Crippen LogP contribution in [-0.4, -0.2) is 89.3 Å². The average molecular weight is 685 g/mol. The van der Waals surface area contributed by atoms with E-state index in [1.807, 2.05) is 18.2 Å². The molecule has 11 heteroatoms. The highest BCUT2D eigenvalue weighted by Crippen LogP contribution is 2.46. The highest BCUT2D eigenvalue weighted by atomic mass is 16.2. The summed E-state index contributed by atoms with van der Waals surface area (Å²) >= 11 is 0. The first kappa shape index (κ1) is 33.1. The van der Waals surface area contributed by atoms with Gasteiger partial charge < -0.3 is 9.88 Å². The van der Waals surface area contributed by atoms with Crippen molar-refractivity contribution in [1.29, 1.82) is 5.26 Å². The van der Waals surface area contributed by atoms with Crippen LogP contribution in [0.2, 0.25) is 0 Å². The van der Waals surface area contributed by atoms with E-state index >= 15 is 0 Å². The molecule has 5 heterocycles. The molecular formula is C40H44N8O3. The predicted molar refractivity (Wildman–Crippen MR) is 196 cm³/mol. The van der Waals surface area contributed by atoms with E-state index in [1.54, 1.807) is 23.4 Å². The Morgan fingerprint density at radius 3 is 2.45 bits per heavy atom. The Morgan fingerprint density at radius 1 is 0.941 bits per heavy atom. The maximum absolute atomic E-state index is 14.1. The van der Waals surface area contributed by atoms with E-state index in [4.69, 9.17) is 0 Å². The van der Waals surface area contributed by atoms with E-state index in [0.29, 0.717) is 24.6 Å². The lowest BCUT2D eigenvalue weighted by Gasteiger charge is -2.44. The number of aromatic nitrogens is 2. The number of benzene rings is 2. The first-order valence-electron chi connectivity index (χ1n) is 18.2. The van der Waals surface area contributed by atoms with Crippen LogP contribution in [0.1, 0.15) is 83.9 Å². The van der Waals surface area contributed by atoms with Gasteiger partial charge in [0.05, 0.1) is 29.1 Å². The van der Waals surface area contributed by atoms with E-state index in [-0.39, 0.29) is 17.7 Å². The first-order chi connectivity index (χ1) is 24.7. The Labute approximate surface area is 298 Å². The van der Waals surface area contributed by atoms with Gasteiger partial charge in [-0.2, -0.15) is 5.26 Å². The van der Waals surface area contributed by atoms with Crippen molar-refractivity contribution in [3.63, 3.8) is 0 Å². The van der Waals surface area contributed by atoms with Gasteiger partial charge in [-0.1, -0.05) is 26.8 Å². The zero-order valence-electron chi connectivity index (χ0n) is 29.6. The fourth-order valence-corrected chi connectivity index (χ4v) is 8.74. The molecule has 3 aliphatic heterocycles. The molecule has 0 saturated carbocycles. The maximum Gasteiger partial charge on any atom is 0.328 e. The smallest absolute Gasteiger partial charge is 0.328 e. The summed E-state index contributed by atoms with van der Waals surface area (Å²) in [6, 6.07) is 14.3. The maximum atomic E-state index is 14.1. The fraction of sp³-hybridized carbons (Fsp3) is 0.425. The highest BCUT2D eigenvalue weighted by molar-refractivity contribution is 6.20. The summed E-state index contributed by atoms with van der Waals surface area (Å²) in [7, 11) is 0. The summed E-state index contributed by atoms with van der Waals surface area (Å²) < 4.78 is 0. The molecular weight excluding hydrogens is 640 g/mol. The largest absolute Gasteiger partial charge is 0.371 e. The zero-order chi connectivity index (χ0) is 35.4. The van der Waals surface area contributed by atoms with Crippen molar-refractivity contribution in [3.8, 4) is 6.07 Å². The molecule has 4 aromatic rings. The number of piperazine rings is 1. The second-order valence-corrected chi connectivity index (χ2v) is 14.9. The molecule has 0 radical (unpaired) electrons. The molecule has 2 N–H and O–H groups in total. The van der Waals surface area contributed by atoms with E-state index in [1.165, 1.54) is 11.3 Å². The molecule has 0 unspecified atom stereocenters. The third-order valence-electron chi connectivity index (χ3n) is 11.7. The number of piperidine rings is 1. The second kappa shape index (κ2) is 12.9. The van der Waals surface area contributed by atoms with Gasteiger partial charge >= 0.3 is 6.03 Å². The Morgan fingerprint density at radius 2 is 1.73 bits per heavy atom. The molecule has 1 aliphatic carbocycles. The minimum absolute atomic E-state index is 0.0584. The van der Waals surface area contributed by atoms with Gasteiger partial charge in [0.15, 0.2) is 5.78 Å². The first-order valence-corrected chi connectivity index (χ1v) is 18.2. The van der Waals surface area contributed by atoms with Crippen molar-refractivity contribution in [3.05, 3.63) is 87.9 Å². The number of fused-ring (bicyclic) bond motifs is 4. The van der Waals surface area contributed by atoms with Gasteiger partial charge in [-0.3, -0.25) is 34.6 Å². The van der Waals surface area contributed by atoms with Crippen molar-refractivity contribution >= 4 is 40.0 Å². The van der Waals surface area contributed by atoms with E-state index < -0.39 is 5.41 Å². The molecule has 3 amide bonds. The third-order valence-corrected chi connectivity index (χ3v) is 11.7. The number of pyridine rings is 1. The summed E-state index contributed by atoms with van der Waals surface area (Å²) in [6.07, 6.45) is 6.82. The normalized spacial score (nSPS) is 19.9. The van der Waals surface area contributed by atoms with Crippen LogP contribution in [-0.2, 0) is 23.2 Å². The van der Waals surface area contributed by atoms with Gasteiger partial charge in [0.1, 0.15) is 0 Å². The molecule has 11 nitrogen and oxygen atoms in total. The molecule has 0 spiro atoms. The fourth-order valence-electron chi connectivity index (χ4n) is 8.74. The molecule has 0 bridgehead atoms. The number of anilines is 2. The number of urea groups is 1. The van der Waals surface area contributed by atoms with Crippen molar-refractivity contribution in [2.45, 2.75) is 64.5 Å². The number of carbonyl (C=O) groups is 3. The van der Waals surface area contributed by atoms with Crippen molar-refractivity contribution in [1.82, 2.24) is 25.1 Å². The molecule has 3 fully saturated rings. The Hall–Kier alpha value is -5.05. The Balaban J connectivity index is 0.935. The Kier molecular flexibility index (Phi) is 8.39. The van der Waals surface area contributed by atoms with Crippen molar-refractivity contribution in [2.75, 3.05) is 55.6 Å². The molecule has 3 saturated heterocycles. The monoisotopic (exact) mass is 684 g/mol. The molecule has 4 aliphatic rings. The predicted octanol–water partition coefficient (Wildman–Crippen LogP) is 5.10. The number of nitrogens with zero attached hydrogens (tertiary/aromatic N) is 6. The van der Waals surface area contributed by atoms with E-state index in [2.05, 4.69) is 69.0 Å².